The second-order valence-electron chi connectivity index (χ2n) is 7.90. The molecule has 0 spiro atoms. The molecule has 0 amide bonds. The Balaban J connectivity index is 1.56. The van der Waals surface area contributed by atoms with Crippen LogP contribution in [0, 0.1) is 0 Å². The number of sulfone groups is 2. The topological polar surface area (TPSA) is 96.7 Å². The van der Waals surface area contributed by atoms with E-state index in [4.69, 9.17) is 16.0 Å². The number of nitrogens with one attached hydrogen (secondary N) is 1. The van der Waals surface area contributed by atoms with E-state index in [9.17, 15) is 16.8 Å². The summed E-state index contributed by atoms with van der Waals surface area (Å²) in [7, 11) is -7.30. The Hall–Kier alpha value is -1.39. The van der Waals surface area contributed by atoms with Crippen LogP contribution in [0.4, 0.5) is 0 Å². The third-order valence-electron chi connectivity index (χ3n) is 5.87. The van der Waals surface area contributed by atoms with Crippen LogP contribution >= 0.6 is 11.6 Å². The normalized spacial score (nSPS) is 25.5. The van der Waals surface area contributed by atoms with Crippen molar-refractivity contribution in [1.29, 1.82) is 0 Å². The summed E-state index contributed by atoms with van der Waals surface area (Å²) >= 11 is 5.87. The van der Waals surface area contributed by atoms with Crippen LogP contribution in [0.2, 0.25) is 5.02 Å². The first-order chi connectivity index (χ1) is 14.3. The van der Waals surface area contributed by atoms with Gasteiger partial charge in [0.05, 0.1) is 34.0 Å². The highest BCUT2D eigenvalue weighted by molar-refractivity contribution is 7.96. The average Bonchev–Trinajstić information content (AvgIpc) is 3.44. The van der Waals surface area contributed by atoms with Crippen LogP contribution in [0.5, 0.6) is 0 Å². The van der Waals surface area contributed by atoms with Crippen molar-refractivity contribution in [2.24, 2.45) is 0 Å². The maximum Gasteiger partial charge on any atom is 0.183 e. The van der Waals surface area contributed by atoms with Crippen LogP contribution in [0.25, 0.3) is 0 Å². The van der Waals surface area contributed by atoms with E-state index in [0.717, 1.165) is 31.7 Å². The van der Waals surface area contributed by atoms with Crippen LogP contribution in [0.3, 0.4) is 0 Å². The minimum atomic E-state index is -3.83. The molecule has 30 heavy (non-hydrogen) atoms. The molecule has 10 heteroatoms. The standard InChI is InChI=1S/C20H25ClN2O5S2/c21-15-5-7-16(8-6-15)30(26,27)20-14-29(24,25)13-17(20)22-12-18(19-4-3-11-28-19)23-9-1-2-10-23/h3-8,11,17-18,20,22H,1-2,9-10,12-14H2/t17-,18?,20-/m0/s1. The van der Waals surface area contributed by atoms with Crippen molar-refractivity contribution in [3.8, 4) is 0 Å². The number of hydrogen-bond acceptors (Lipinski definition) is 7. The van der Waals surface area contributed by atoms with Gasteiger partial charge in [0, 0.05) is 17.6 Å². The molecule has 1 unspecified atom stereocenters. The fourth-order valence-corrected chi connectivity index (χ4v) is 9.16. The van der Waals surface area contributed by atoms with Crippen LogP contribution < -0.4 is 5.32 Å². The highest BCUT2D eigenvalue weighted by Gasteiger charge is 2.46. The largest absolute Gasteiger partial charge is 0.468 e. The van der Waals surface area contributed by atoms with Crippen LogP contribution in [0.1, 0.15) is 24.6 Å². The molecule has 0 saturated carbocycles. The fourth-order valence-electron chi connectivity index (χ4n) is 4.32. The molecule has 1 N–H and O–H groups in total. The molecule has 0 aliphatic carbocycles. The van der Waals surface area contributed by atoms with E-state index in [1.54, 1.807) is 6.26 Å². The molecule has 3 atom stereocenters. The van der Waals surface area contributed by atoms with E-state index in [1.165, 1.54) is 24.3 Å². The molecular weight excluding hydrogens is 448 g/mol. The Bertz CT molecular complexity index is 1060. The fraction of sp³-hybridized carbons (Fsp3) is 0.500. The van der Waals surface area contributed by atoms with Crippen LogP contribution in [-0.2, 0) is 19.7 Å². The summed E-state index contributed by atoms with van der Waals surface area (Å²) in [5, 5.41) is 2.64. The average molecular weight is 473 g/mol. The zero-order valence-electron chi connectivity index (χ0n) is 16.4. The van der Waals surface area contributed by atoms with Crippen molar-refractivity contribution in [2.45, 2.75) is 35.1 Å². The molecule has 4 rings (SSSR count). The molecule has 2 aliphatic rings. The van der Waals surface area contributed by atoms with Crippen molar-refractivity contribution >= 4 is 31.3 Å². The number of rotatable bonds is 7. The molecule has 0 bridgehead atoms. The Morgan fingerprint density at radius 2 is 1.83 bits per heavy atom. The van der Waals surface area contributed by atoms with Gasteiger partial charge in [-0.15, -0.1) is 0 Å². The predicted molar refractivity (Wildman–Crippen MR) is 115 cm³/mol. The lowest BCUT2D eigenvalue weighted by Crippen LogP contribution is -2.46. The predicted octanol–water partition coefficient (Wildman–Crippen LogP) is 2.30. The second-order valence-corrected chi connectivity index (χ2v) is 12.7. The summed E-state index contributed by atoms with van der Waals surface area (Å²) in [6, 6.07) is 8.83. The number of furan rings is 1. The molecule has 2 aromatic rings. The first kappa shape index (κ1) is 21.8. The molecule has 1 aromatic carbocycles. The lowest BCUT2D eigenvalue weighted by Gasteiger charge is -2.28. The first-order valence-corrected chi connectivity index (χ1v) is 13.7. The maximum absolute atomic E-state index is 13.2. The number of benzene rings is 1. The monoisotopic (exact) mass is 472 g/mol. The van der Waals surface area contributed by atoms with Gasteiger partial charge < -0.3 is 9.73 Å². The molecule has 164 valence electrons. The second kappa shape index (κ2) is 8.63. The Kier molecular flexibility index (Phi) is 6.28. The van der Waals surface area contributed by atoms with E-state index in [0.29, 0.717) is 11.6 Å². The summed E-state index contributed by atoms with van der Waals surface area (Å²) in [5.74, 6) is 0.211. The number of nitrogens with zero attached hydrogens (tertiary/aromatic N) is 1. The molecule has 1 aromatic heterocycles. The summed E-state index contributed by atoms with van der Waals surface area (Å²) < 4.78 is 56.7. The van der Waals surface area contributed by atoms with Gasteiger partial charge in [0.25, 0.3) is 0 Å². The summed E-state index contributed by atoms with van der Waals surface area (Å²) in [6.45, 7) is 2.28. The van der Waals surface area contributed by atoms with Gasteiger partial charge in [0.2, 0.25) is 0 Å². The molecule has 2 saturated heterocycles. The van der Waals surface area contributed by atoms with Gasteiger partial charge in [-0.3, -0.25) is 4.90 Å². The van der Waals surface area contributed by atoms with Gasteiger partial charge in [-0.05, 0) is 62.3 Å². The molecule has 2 aliphatic heterocycles. The Labute approximate surface area is 182 Å². The van der Waals surface area contributed by atoms with Crippen molar-refractivity contribution in [1.82, 2.24) is 10.2 Å². The first-order valence-electron chi connectivity index (χ1n) is 9.97. The SMILES string of the molecule is O=S1(=O)C[C@H](NCC(c2ccco2)N2CCCC2)[C@@H](S(=O)(=O)c2ccc(Cl)cc2)C1. The van der Waals surface area contributed by atoms with Crippen molar-refractivity contribution in [3.05, 3.63) is 53.4 Å². The summed E-state index contributed by atoms with van der Waals surface area (Å²) in [4.78, 5) is 2.38. The minimum absolute atomic E-state index is 0.0651. The number of likely N-dealkylation sites (tertiary alicyclic amines) is 1. The highest BCUT2D eigenvalue weighted by Crippen LogP contribution is 2.29. The van der Waals surface area contributed by atoms with Gasteiger partial charge in [-0.1, -0.05) is 11.6 Å². The Morgan fingerprint density at radius 1 is 1.13 bits per heavy atom. The van der Waals surface area contributed by atoms with Gasteiger partial charge in [0.15, 0.2) is 19.7 Å². The van der Waals surface area contributed by atoms with E-state index in [2.05, 4.69) is 10.2 Å². The quantitative estimate of drug-likeness (QED) is 0.660. The molecule has 2 fully saturated rings. The molecule has 0 radical (unpaired) electrons. The smallest absolute Gasteiger partial charge is 0.183 e. The van der Waals surface area contributed by atoms with Gasteiger partial charge in [-0.2, -0.15) is 0 Å². The van der Waals surface area contributed by atoms with Gasteiger partial charge in [0.1, 0.15) is 5.76 Å². The zero-order chi connectivity index (χ0) is 21.4. The van der Waals surface area contributed by atoms with E-state index < -0.39 is 31.0 Å². The van der Waals surface area contributed by atoms with Gasteiger partial charge >= 0.3 is 0 Å². The zero-order valence-corrected chi connectivity index (χ0v) is 18.8. The van der Waals surface area contributed by atoms with Gasteiger partial charge in [-0.25, -0.2) is 16.8 Å². The van der Waals surface area contributed by atoms with E-state index in [1.807, 2.05) is 12.1 Å². The molecule has 7 nitrogen and oxygen atoms in total. The van der Waals surface area contributed by atoms with E-state index in [-0.39, 0.29) is 22.4 Å². The van der Waals surface area contributed by atoms with Crippen molar-refractivity contribution in [2.75, 3.05) is 31.1 Å². The molecule has 3 heterocycles. The van der Waals surface area contributed by atoms with E-state index >= 15 is 0 Å². The maximum atomic E-state index is 13.2. The van der Waals surface area contributed by atoms with Crippen molar-refractivity contribution in [3.63, 3.8) is 0 Å². The molecular formula is C20H25ClN2O5S2. The Morgan fingerprint density at radius 3 is 2.47 bits per heavy atom. The lowest BCUT2D eigenvalue weighted by atomic mass is 10.1. The summed E-state index contributed by atoms with van der Waals surface area (Å²) in [5.41, 5.74) is 0. The summed E-state index contributed by atoms with van der Waals surface area (Å²) in [6.07, 6.45) is 3.82. The minimum Gasteiger partial charge on any atom is -0.468 e. The van der Waals surface area contributed by atoms with Crippen molar-refractivity contribution < 1.29 is 21.3 Å². The third-order valence-corrected chi connectivity index (χ3v) is 10.3. The highest BCUT2D eigenvalue weighted by atomic mass is 35.5. The number of halogens is 1. The number of hydrogen-bond donors (Lipinski definition) is 1. The lowest BCUT2D eigenvalue weighted by molar-refractivity contribution is 0.206. The van der Waals surface area contributed by atoms with Crippen LogP contribution in [0.15, 0.2) is 52.0 Å². The van der Waals surface area contributed by atoms with Crippen LogP contribution in [-0.4, -0.2) is 64.2 Å². The third kappa shape index (κ3) is 4.60.